The van der Waals surface area contributed by atoms with E-state index in [9.17, 15) is 19.5 Å². The smallest absolute Gasteiger partial charge is 0.271 e. The third-order valence-corrected chi connectivity index (χ3v) is 11.0. The van der Waals surface area contributed by atoms with Crippen molar-refractivity contribution in [1.29, 1.82) is 0 Å². The molecule has 1 aromatic heterocycles. The van der Waals surface area contributed by atoms with Gasteiger partial charge >= 0.3 is 0 Å². The molecule has 42 heavy (non-hydrogen) atoms. The molecule has 5 aliphatic rings. The van der Waals surface area contributed by atoms with Crippen molar-refractivity contribution >= 4 is 28.5 Å². The van der Waals surface area contributed by atoms with Crippen LogP contribution in [-0.4, -0.2) is 62.7 Å². The van der Waals surface area contributed by atoms with Gasteiger partial charge in [-0.1, -0.05) is 37.6 Å². The van der Waals surface area contributed by atoms with Crippen LogP contribution in [0.3, 0.4) is 0 Å². The van der Waals surface area contributed by atoms with E-state index in [1.807, 2.05) is 38.1 Å². The molecule has 9 nitrogen and oxygen atoms in total. The molecule has 1 saturated heterocycles. The van der Waals surface area contributed by atoms with Gasteiger partial charge in [0.05, 0.1) is 36.0 Å². The number of rotatable bonds is 4. The van der Waals surface area contributed by atoms with Crippen molar-refractivity contribution in [2.24, 2.45) is 28.6 Å². The second kappa shape index (κ2) is 9.11. The molecule has 1 aliphatic heterocycles. The average molecular weight is 572 g/mol. The van der Waals surface area contributed by atoms with Gasteiger partial charge in [-0.2, -0.15) is 0 Å². The van der Waals surface area contributed by atoms with E-state index in [1.54, 1.807) is 18.2 Å². The Labute approximate surface area is 244 Å². The van der Waals surface area contributed by atoms with Crippen molar-refractivity contribution in [2.75, 3.05) is 6.54 Å². The number of aliphatic hydroxyl groups excluding tert-OH is 1. The van der Waals surface area contributed by atoms with Gasteiger partial charge in [-0.15, -0.1) is 0 Å². The van der Waals surface area contributed by atoms with Crippen molar-refractivity contribution < 1.29 is 29.0 Å². The minimum absolute atomic E-state index is 0.00300. The first kappa shape index (κ1) is 27.6. The molecule has 9 heteroatoms. The lowest BCUT2D eigenvalue weighted by atomic mass is 9.46. The van der Waals surface area contributed by atoms with Crippen LogP contribution in [0.15, 0.2) is 54.3 Å². The number of ketones is 2. The number of carbonyl (C=O) groups excluding carboxylic acids is 3. The number of para-hydroxylation sites is 2. The summed E-state index contributed by atoms with van der Waals surface area (Å²) in [5.74, 6) is -1.66. The molecule has 4 aliphatic carbocycles. The number of nitrogens with one attached hydrogen (secondary N) is 1. The van der Waals surface area contributed by atoms with E-state index in [4.69, 9.17) is 9.47 Å². The van der Waals surface area contributed by atoms with Gasteiger partial charge < -0.3 is 19.9 Å². The summed E-state index contributed by atoms with van der Waals surface area (Å²) in [7, 11) is 0. The maximum atomic E-state index is 14.3. The zero-order valence-electron chi connectivity index (χ0n) is 24.4. The molecule has 4 fully saturated rings. The molecule has 8 atom stereocenters. The zero-order chi connectivity index (χ0) is 29.7. The fraction of sp³-hybridized carbons (Fsp3) is 0.545. The normalized spacial score (nSPS) is 39.6. The number of carbonyl (C=O) groups is 3. The van der Waals surface area contributed by atoms with Gasteiger partial charge in [0.2, 0.25) is 0 Å². The Morgan fingerprint density at radius 3 is 2.69 bits per heavy atom. The summed E-state index contributed by atoms with van der Waals surface area (Å²) in [4.78, 5) is 48.4. The summed E-state index contributed by atoms with van der Waals surface area (Å²) in [6.07, 6.45) is 8.11. The summed E-state index contributed by atoms with van der Waals surface area (Å²) < 4.78 is 13.1. The lowest BCUT2D eigenvalue weighted by Crippen LogP contribution is -2.64. The summed E-state index contributed by atoms with van der Waals surface area (Å²) in [5, 5.41) is 14.6. The number of fused-ring (bicyclic) bond motifs is 8. The molecule has 1 aromatic carbocycles. The molecule has 1 amide bonds. The topological polar surface area (TPSA) is 128 Å². The second-order valence-corrected chi connectivity index (χ2v) is 13.6. The fourth-order valence-corrected chi connectivity index (χ4v) is 9.37. The minimum atomic E-state index is -1.33. The molecular weight excluding hydrogens is 534 g/mol. The van der Waals surface area contributed by atoms with E-state index in [0.717, 1.165) is 18.4 Å². The van der Waals surface area contributed by atoms with Gasteiger partial charge in [0.1, 0.15) is 5.69 Å². The monoisotopic (exact) mass is 571 g/mol. The predicted molar refractivity (Wildman–Crippen MR) is 153 cm³/mol. The fourth-order valence-electron chi connectivity index (χ4n) is 9.37. The van der Waals surface area contributed by atoms with Crippen LogP contribution in [0.25, 0.3) is 11.0 Å². The first-order valence-electron chi connectivity index (χ1n) is 14.9. The maximum absolute atomic E-state index is 14.3. The van der Waals surface area contributed by atoms with E-state index >= 15 is 0 Å². The number of allylic oxidation sites excluding steroid dienone is 4. The number of hydrogen-bond acceptors (Lipinski definition) is 8. The first-order valence-corrected chi connectivity index (χ1v) is 14.9. The number of aromatic nitrogens is 2. The molecular formula is C33H37N3O6. The Morgan fingerprint density at radius 2 is 1.90 bits per heavy atom. The van der Waals surface area contributed by atoms with Gasteiger partial charge in [0.25, 0.3) is 5.91 Å². The Balaban J connectivity index is 1.19. The van der Waals surface area contributed by atoms with Gasteiger partial charge in [-0.25, -0.2) is 4.98 Å². The predicted octanol–water partition coefficient (Wildman–Crippen LogP) is 3.71. The number of ether oxygens (including phenoxy) is 2. The largest absolute Gasteiger partial charge is 0.393 e. The molecule has 3 saturated carbocycles. The van der Waals surface area contributed by atoms with Crippen LogP contribution in [-0.2, 0) is 19.1 Å². The molecule has 2 N–H and O–H groups in total. The van der Waals surface area contributed by atoms with Gasteiger partial charge in [-0.05, 0) is 75.7 Å². The zero-order valence-corrected chi connectivity index (χ0v) is 24.4. The molecule has 2 heterocycles. The van der Waals surface area contributed by atoms with E-state index in [0.29, 0.717) is 23.9 Å². The van der Waals surface area contributed by atoms with E-state index in [-0.39, 0.29) is 41.6 Å². The second-order valence-electron chi connectivity index (χ2n) is 13.6. The summed E-state index contributed by atoms with van der Waals surface area (Å²) in [6, 6.07) is 7.29. The number of amides is 1. The summed E-state index contributed by atoms with van der Waals surface area (Å²) in [5.41, 5.74) is 0.0206. The Kier molecular flexibility index (Phi) is 5.98. The van der Waals surface area contributed by atoms with Crippen molar-refractivity contribution in [1.82, 2.24) is 15.3 Å². The van der Waals surface area contributed by atoms with E-state index in [2.05, 4.69) is 29.1 Å². The van der Waals surface area contributed by atoms with Crippen LogP contribution in [0.2, 0.25) is 0 Å². The van der Waals surface area contributed by atoms with Crippen LogP contribution in [0.5, 0.6) is 0 Å². The quantitative estimate of drug-likeness (QED) is 0.569. The first-order chi connectivity index (χ1) is 19.9. The molecule has 0 radical (unpaired) electrons. The van der Waals surface area contributed by atoms with Crippen LogP contribution >= 0.6 is 0 Å². The lowest BCUT2D eigenvalue weighted by molar-refractivity contribution is -0.224. The van der Waals surface area contributed by atoms with Gasteiger partial charge in [0.15, 0.2) is 23.0 Å². The standard InChI is InChI=1S/C33H37N3O6/c1-30(2)41-27-14-21-20-10-9-18-13-19(37)11-12-31(18,3)28(20)25(38)15-32(21,4)33(27,42-30)26(39)17-35-29(40)24-16-34-22-7-5-6-8-23(22)36-24/h5-8,11-13,16,20-21,25,27-28,38H,9-10,14-15,17H2,1-4H3,(H,35,40)/t20?,21?,25?,27-,28?,31?,32?,33-/m1/s1. The number of benzene rings is 1. The minimum Gasteiger partial charge on any atom is -0.393 e. The molecule has 6 unspecified atom stereocenters. The van der Waals surface area contributed by atoms with Crippen molar-refractivity contribution in [3.05, 3.63) is 60.0 Å². The third-order valence-electron chi connectivity index (χ3n) is 11.0. The van der Waals surface area contributed by atoms with Gasteiger partial charge in [0, 0.05) is 16.7 Å². The summed E-state index contributed by atoms with van der Waals surface area (Å²) in [6.45, 7) is 7.55. The highest BCUT2D eigenvalue weighted by atomic mass is 16.8. The van der Waals surface area contributed by atoms with Crippen LogP contribution in [0.4, 0.5) is 0 Å². The Morgan fingerprint density at radius 1 is 1.14 bits per heavy atom. The van der Waals surface area contributed by atoms with Crippen LogP contribution < -0.4 is 5.32 Å². The van der Waals surface area contributed by atoms with Crippen molar-refractivity contribution in [3.8, 4) is 0 Å². The lowest BCUT2D eigenvalue weighted by Gasteiger charge is -2.60. The SMILES string of the molecule is CC1(C)O[C@@H]2CC3C4CCC5=CC(=O)C=CC5(C)C4C(O)CC3(C)[C@]2(C(=O)CNC(=O)c2cnc3ccccc3n2)O1. The highest BCUT2D eigenvalue weighted by Crippen LogP contribution is 2.70. The molecule has 2 aromatic rings. The molecule has 0 bridgehead atoms. The van der Waals surface area contributed by atoms with Crippen molar-refractivity contribution in [2.45, 2.75) is 77.0 Å². The van der Waals surface area contributed by atoms with E-state index in [1.165, 1.54) is 6.20 Å². The summed E-state index contributed by atoms with van der Waals surface area (Å²) >= 11 is 0. The Bertz CT molecular complexity index is 1580. The maximum Gasteiger partial charge on any atom is 0.271 e. The van der Waals surface area contributed by atoms with Crippen LogP contribution in [0, 0.1) is 28.6 Å². The third kappa shape index (κ3) is 3.76. The number of nitrogens with zero attached hydrogens (tertiary/aromatic N) is 2. The molecule has 7 rings (SSSR count). The van der Waals surface area contributed by atoms with Crippen molar-refractivity contribution in [3.63, 3.8) is 0 Å². The highest BCUT2D eigenvalue weighted by molar-refractivity contribution is 6.01. The van der Waals surface area contributed by atoms with E-state index < -0.39 is 40.3 Å². The number of aliphatic hydroxyl groups is 1. The van der Waals surface area contributed by atoms with Crippen LogP contribution in [0.1, 0.15) is 63.9 Å². The molecule has 220 valence electrons. The highest BCUT2D eigenvalue weighted by Gasteiger charge is 2.76. The van der Waals surface area contributed by atoms with Gasteiger partial charge in [-0.3, -0.25) is 19.4 Å². The number of hydrogen-bond donors (Lipinski definition) is 2. The molecule has 0 spiro atoms. The average Bonchev–Trinajstić information content (AvgIpc) is 3.36. The number of Topliss-reactive ketones (excluding diaryl/α,β-unsaturated/α-hetero) is 1. The Hall–Kier alpha value is -3.27.